The first-order chi connectivity index (χ1) is 11.3. The molecular formula is C17H22FN3O3. The minimum atomic E-state index is -1.04. The molecule has 130 valence electrons. The van der Waals surface area contributed by atoms with Crippen molar-refractivity contribution in [3.63, 3.8) is 0 Å². The van der Waals surface area contributed by atoms with Gasteiger partial charge in [0, 0.05) is 30.4 Å². The van der Waals surface area contributed by atoms with E-state index in [0.717, 1.165) is 17.0 Å². The van der Waals surface area contributed by atoms with Crippen molar-refractivity contribution in [2.45, 2.75) is 33.0 Å². The molecule has 1 atom stereocenters. The summed E-state index contributed by atoms with van der Waals surface area (Å²) in [6.45, 7) is 3.74. The molecule has 0 radical (unpaired) electrons. The number of hydrogen-bond acceptors (Lipinski definition) is 4. The predicted octanol–water partition coefficient (Wildman–Crippen LogP) is 1.93. The number of carboxylic acids is 1. The van der Waals surface area contributed by atoms with E-state index >= 15 is 0 Å². The normalized spacial score (nSPS) is 12.6. The van der Waals surface area contributed by atoms with Crippen molar-refractivity contribution in [2.75, 3.05) is 7.05 Å². The van der Waals surface area contributed by atoms with E-state index in [9.17, 15) is 19.4 Å². The Hall–Kier alpha value is -2.25. The molecule has 0 unspecified atom stereocenters. The predicted molar refractivity (Wildman–Crippen MR) is 86.8 cm³/mol. The van der Waals surface area contributed by atoms with Gasteiger partial charge in [0.25, 0.3) is 0 Å². The fourth-order valence-corrected chi connectivity index (χ4v) is 2.86. The van der Waals surface area contributed by atoms with Crippen molar-refractivity contribution in [1.82, 2.24) is 14.7 Å². The van der Waals surface area contributed by atoms with Gasteiger partial charge in [0.15, 0.2) is 0 Å². The van der Waals surface area contributed by atoms with Crippen LogP contribution in [-0.4, -0.2) is 37.9 Å². The topological polar surface area (TPSA) is 78.6 Å². The highest BCUT2D eigenvalue weighted by molar-refractivity contribution is 5.75. The number of rotatable bonds is 6. The third-order valence-electron chi connectivity index (χ3n) is 4.30. The summed E-state index contributed by atoms with van der Waals surface area (Å²) >= 11 is 0. The first kappa shape index (κ1) is 18.1. The Morgan fingerprint density at radius 1 is 1.42 bits per heavy atom. The van der Waals surface area contributed by atoms with Crippen LogP contribution in [-0.2, 0) is 25.0 Å². The van der Waals surface area contributed by atoms with Crippen LogP contribution in [0.1, 0.15) is 34.1 Å². The molecule has 0 aliphatic heterocycles. The van der Waals surface area contributed by atoms with Crippen LogP contribution < -0.4 is 0 Å². The minimum absolute atomic E-state index is 0.0842. The van der Waals surface area contributed by atoms with Crippen LogP contribution in [0.15, 0.2) is 18.2 Å². The number of likely N-dealkylation sites (N-methyl/N-ethyl adjacent to an activating group) is 1. The van der Waals surface area contributed by atoms with Crippen molar-refractivity contribution in [3.8, 4) is 0 Å². The molecule has 0 bridgehead atoms. The van der Waals surface area contributed by atoms with Gasteiger partial charge in [0.1, 0.15) is 11.9 Å². The molecule has 0 aliphatic rings. The average Bonchev–Trinajstić information content (AvgIpc) is 2.75. The SMILES string of the molecule is Cc1nn(C)c(C)c1CN(C)[C@H](C(=O)O)c1ccc(F)c(CO)c1. The Labute approximate surface area is 140 Å². The lowest BCUT2D eigenvalue weighted by Gasteiger charge is -2.25. The van der Waals surface area contributed by atoms with Crippen LogP contribution in [0.4, 0.5) is 4.39 Å². The number of carbonyl (C=O) groups is 1. The Kier molecular flexibility index (Phi) is 5.36. The number of carboxylic acid groups (broad SMARTS) is 1. The van der Waals surface area contributed by atoms with Crippen molar-refractivity contribution in [3.05, 3.63) is 52.1 Å². The molecule has 0 fully saturated rings. The average molecular weight is 335 g/mol. The highest BCUT2D eigenvalue weighted by atomic mass is 19.1. The van der Waals surface area contributed by atoms with Gasteiger partial charge in [-0.2, -0.15) is 5.10 Å². The minimum Gasteiger partial charge on any atom is -0.480 e. The van der Waals surface area contributed by atoms with Crippen molar-refractivity contribution < 1.29 is 19.4 Å². The molecule has 0 aliphatic carbocycles. The molecule has 1 aromatic carbocycles. The molecule has 2 aromatic rings. The van der Waals surface area contributed by atoms with Gasteiger partial charge in [-0.25, -0.2) is 4.39 Å². The Morgan fingerprint density at radius 3 is 2.58 bits per heavy atom. The van der Waals surface area contributed by atoms with Crippen molar-refractivity contribution in [1.29, 1.82) is 0 Å². The van der Waals surface area contributed by atoms with Crippen LogP contribution in [0.3, 0.4) is 0 Å². The van der Waals surface area contributed by atoms with Crippen LogP contribution in [0.5, 0.6) is 0 Å². The zero-order chi connectivity index (χ0) is 18.0. The highest BCUT2D eigenvalue weighted by Gasteiger charge is 2.27. The van der Waals surface area contributed by atoms with E-state index in [1.54, 1.807) is 16.6 Å². The monoisotopic (exact) mass is 335 g/mol. The van der Waals surface area contributed by atoms with Crippen LogP contribution >= 0.6 is 0 Å². The Balaban J connectivity index is 2.35. The Morgan fingerprint density at radius 2 is 2.08 bits per heavy atom. The van der Waals surface area contributed by atoms with Crippen LogP contribution in [0.2, 0.25) is 0 Å². The fourth-order valence-electron chi connectivity index (χ4n) is 2.86. The summed E-state index contributed by atoms with van der Waals surface area (Å²) in [5.41, 5.74) is 3.30. The van der Waals surface area contributed by atoms with E-state index in [2.05, 4.69) is 5.10 Å². The second kappa shape index (κ2) is 7.11. The van der Waals surface area contributed by atoms with Gasteiger partial charge in [-0.05, 0) is 38.6 Å². The maximum atomic E-state index is 13.6. The standard InChI is InChI=1S/C17H22FN3O3/c1-10-14(11(2)21(4)19-10)8-20(3)16(17(23)24)12-5-6-15(18)13(7-12)9-22/h5-7,16,22H,8-9H2,1-4H3,(H,23,24)/t16-/m0/s1. The molecule has 1 aromatic heterocycles. The van der Waals surface area contributed by atoms with Gasteiger partial charge < -0.3 is 10.2 Å². The Bertz CT molecular complexity index is 758. The van der Waals surface area contributed by atoms with Crippen LogP contribution in [0, 0.1) is 19.7 Å². The van der Waals surface area contributed by atoms with E-state index < -0.39 is 24.4 Å². The van der Waals surface area contributed by atoms with Gasteiger partial charge in [0.2, 0.25) is 0 Å². The maximum Gasteiger partial charge on any atom is 0.325 e. The number of halogens is 1. The van der Waals surface area contributed by atoms with Crippen LogP contribution in [0.25, 0.3) is 0 Å². The van der Waals surface area contributed by atoms with E-state index in [1.165, 1.54) is 18.2 Å². The molecule has 0 saturated heterocycles. The summed E-state index contributed by atoms with van der Waals surface area (Å²) in [5.74, 6) is -1.58. The van der Waals surface area contributed by atoms with E-state index in [4.69, 9.17) is 0 Å². The van der Waals surface area contributed by atoms with Gasteiger partial charge >= 0.3 is 5.97 Å². The van der Waals surface area contributed by atoms with Gasteiger partial charge in [-0.1, -0.05) is 6.07 Å². The van der Waals surface area contributed by atoms with E-state index in [0.29, 0.717) is 12.1 Å². The zero-order valence-electron chi connectivity index (χ0n) is 14.2. The molecule has 2 N–H and O–H groups in total. The van der Waals surface area contributed by atoms with E-state index in [1.807, 2.05) is 20.9 Å². The lowest BCUT2D eigenvalue weighted by molar-refractivity contribution is -0.143. The number of nitrogens with zero attached hydrogens (tertiary/aromatic N) is 3. The lowest BCUT2D eigenvalue weighted by Crippen LogP contribution is -2.31. The summed E-state index contributed by atoms with van der Waals surface area (Å²) in [7, 11) is 3.54. The maximum absolute atomic E-state index is 13.6. The fraction of sp³-hybridized carbons (Fsp3) is 0.412. The summed E-state index contributed by atoms with van der Waals surface area (Å²) in [6.07, 6.45) is 0. The molecule has 0 saturated carbocycles. The second-order valence-electron chi connectivity index (χ2n) is 5.94. The summed E-state index contributed by atoms with van der Waals surface area (Å²) in [6, 6.07) is 3.07. The number of aliphatic hydroxyl groups is 1. The van der Waals surface area contributed by atoms with Crippen molar-refractivity contribution >= 4 is 5.97 Å². The molecular weight excluding hydrogens is 313 g/mol. The lowest BCUT2D eigenvalue weighted by atomic mass is 10.0. The summed E-state index contributed by atoms with van der Waals surface area (Å²) in [4.78, 5) is 13.4. The number of aliphatic hydroxyl groups excluding tert-OH is 1. The summed E-state index contributed by atoms with van der Waals surface area (Å²) < 4.78 is 15.3. The van der Waals surface area contributed by atoms with Gasteiger partial charge in [-0.15, -0.1) is 0 Å². The third-order valence-corrected chi connectivity index (χ3v) is 4.30. The van der Waals surface area contributed by atoms with Crippen molar-refractivity contribution in [2.24, 2.45) is 7.05 Å². The number of hydrogen-bond donors (Lipinski definition) is 2. The molecule has 2 rings (SSSR count). The highest BCUT2D eigenvalue weighted by Crippen LogP contribution is 2.25. The number of aryl methyl sites for hydroxylation is 2. The van der Waals surface area contributed by atoms with Gasteiger partial charge in [-0.3, -0.25) is 14.4 Å². The molecule has 1 heterocycles. The molecule has 7 heteroatoms. The smallest absolute Gasteiger partial charge is 0.325 e. The quantitative estimate of drug-likeness (QED) is 0.843. The van der Waals surface area contributed by atoms with Gasteiger partial charge in [0.05, 0.1) is 12.3 Å². The molecule has 6 nitrogen and oxygen atoms in total. The summed E-state index contributed by atoms with van der Waals surface area (Å²) in [5, 5.41) is 23.2. The first-order valence-electron chi connectivity index (χ1n) is 7.57. The van der Waals surface area contributed by atoms with E-state index in [-0.39, 0.29) is 5.56 Å². The first-order valence-corrected chi connectivity index (χ1v) is 7.57. The number of aromatic nitrogens is 2. The molecule has 24 heavy (non-hydrogen) atoms. The molecule has 0 amide bonds. The number of benzene rings is 1. The number of aliphatic carboxylic acids is 1. The second-order valence-corrected chi connectivity index (χ2v) is 5.94. The largest absolute Gasteiger partial charge is 0.480 e. The third kappa shape index (κ3) is 3.47. The molecule has 0 spiro atoms. The zero-order valence-corrected chi connectivity index (χ0v) is 14.2.